The fourth-order valence-corrected chi connectivity index (χ4v) is 3.53. The minimum Gasteiger partial charge on any atom is -0.465 e. The van der Waals surface area contributed by atoms with Crippen LogP contribution in [-0.2, 0) is 16.1 Å². The molecule has 0 bridgehead atoms. The third kappa shape index (κ3) is 4.25. The summed E-state index contributed by atoms with van der Waals surface area (Å²) in [5, 5.41) is 12.0. The molecule has 4 rings (SSSR count). The van der Waals surface area contributed by atoms with Crippen LogP contribution in [0, 0.1) is 20.8 Å². The van der Waals surface area contributed by atoms with Crippen LogP contribution >= 0.6 is 0 Å². The van der Waals surface area contributed by atoms with Gasteiger partial charge in [-0.2, -0.15) is 10.2 Å². The normalized spacial score (nSPS) is 10.9. The van der Waals surface area contributed by atoms with Gasteiger partial charge in [-0.15, -0.1) is 0 Å². The zero-order valence-corrected chi connectivity index (χ0v) is 18.7. The number of aryl methyl sites for hydroxylation is 3. The number of rotatable bonds is 5. The number of methoxy groups -OCH3 is 1. The summed E-state index contributed by atoms with van der Waals surface area (Å²) >= 11 is 0. The third-order valence-electron chi connectivity index (χ3n) is 5.48. The number of esters is 1. The van der Waals surface area contributed by atoms with Gasteiger partial charge in [0.2, 0.25) is 5.91 Å². The largest absolute Gasteiger partial charge is 0.465 e. The van der Waals surface area contributed by atoms with Crippen LogP contribution in [0.1, 0.15) is 27.2 Å². The number of carbonyl (C=O) groups excluding carboxylic acids is 2. The molecule has 0 spiro atoms. The number of amides is 1. The highest BCUT2D eigenvalue weighted by molar-refractivity contribution is 5.93. The van der Waals surface area contributed by atoms with Crippen molar-refractivity contribution in [3.8, 4) is 5.69 Å². The van der Waals surface area contributed by atoms with Crippen LogP contribution in [0.2, 0.25) is 0 Å². The lowest BCUT2D eigenvalue weighted by Crippen LogP contribution is -2.31. The number of aromatic nitrogens is 4. The maximum atomic E-state index is 13.2. The van der Waals surface area contributed by atoms with Gasteiger partial charge in [-0.3, -0.25) is 9.59 Å². The first-order valence-electron chi connectivity index (χ1n) is 10.3. The first kappa shape index (κ1) is 21.9. The lowest BCUT2D eigenvalue weighted by atomic mass is 10.1. The molecule has 33 heavy (non-hydrogen) atoms. The molecule has 9 heteroatoms. The van der Waals surface area contributed by atoms with Crippen molar-refractivity contribution in [1.29, 1.82) is 0 Å². The highest BCUT2D eigenvalue weighted by atomic mass is 16.5. The molecule has 0 saturated heterocycles. The predicted octanol–water partition coefficient (Wildman–Crippen LogP) is 2.93. The number of nitrogens with zero attached hydrogens (tertiary/aromatic N) is 4. The Hall–Kier alpha value is -4.27. The van der Waals surface area contributed by atoms with Gasteiger partial charge in [-0.05, 0) is 68.3 Å². The van der Waals surface area contributed by atoms with Crippen molar-refractivity contribution in [1.82, 2.24) is 19.6 Å². The number of benzene rings is 2. The molecule has 0 unspecified atom stereocenters. The van der Waals surface area contributed by atoms with Gasteiger partial charge in [-0.1, -0.05) is 6.07 Å². The fourth-order valence-electron chi connectivity index (χ4n) is 3.53. The van der Waals surface area contributed by atoms with Gasteiger partial charge in [0.15, 0.2) is 0 Å². The van der Waals surface area contributed by atoms with E-state index in [1.807, 2.05) is 32.0 Å². The van der Waals surface area contributed by atoms with Gasteiger partial charge in [0.05, 0.1) is 30.3 Å². The number of nitrogens with one attached hydrogen (secondary N) is 1. The van der Waals surface area contributed by atoms with Crippen molar-refractivity contribution in [3.05, 3.63) is 81.4 Å². The molecule has 0 saturated carbocycles. The molecule has 2 aromatic heterocycles. The highest BCUT2D eigenvalue weighted by Gasteiger charge is 2.17. The van der Waals surface area contributed by atoms with E-state index in [9.17, 15) is 14.4 Å². The van der Waals surface area contributed by atoms with E-state index >= 15 is 0 Å². The predicted molar refractivity (Wildman–Crippen MR) is 124 cm³/mol. The van der Waals surface area contributed by atoms with Crippen molar-refractivity contribution in [2.45, 2.75) is 27.3 Å². The summed E-state index contributed by atoms with van der Waals surface area (Å²) < 4.78 is 7.38. The average molecular weight is 445 g/mol. The number of fused-ring (bicyclic) bond motifs is 1. The molecule has 2 heterocycles. The molecule has 168 valence electrons. The van der Waals surface area contributed by atoms with E-state index in [-0.39, 0.29) is 6.54 Å². The maximum Gasteiger partial charge on any atom is 0.337 e. The molecule has 9 nitrogen and oxygen atoms in total. The number of carbonyl (C=O) groups is 2. The topological polar surface area (TPSA) is 108 Å². The monoisotopic (exact) mass is 445 g/mol. The van der Waals surface area contributed by atoms with Crippen molar-refractivity contribution >= 4 is 28.5 Å². The van der Waals surface area contributed by atoms with Crippen LogP contribution in [0.25, 0.3) is 16.6 Å². The van der Waals surface area contributed by atoms with Gasteiger partial charge in [0.1, 0.15) is 12.1 Å². The number of ether oxygens (including phenoxy) is 1. The lowest BCUT2D eigenvalue weighted by molar-refractivity contribution is -0.117. The van der Waals surface area contributed by atoms with E-state index < -0.39 is 17.4 Å². The second-order valence-electron chi connectivity index (χ2n) is 7.75. The minimum atomic E-state index is -0.465. The zero-order chi connectivity index (χ0) is 23.7. The molecule has 0 radical (unpaired) electrons. The van der Waals surface area contributed by atoms with E-state index in [0.717, 1.165) is 21.5 Å². The number of anilines is 1. The maximum absolute atomic E-state index is 13.2. The second-order valence-corrected chi connectivity index (χ2v) is 7.75. The molecule has 0 aliphatic carbocycles. The molecule has 0 aliphatic rings. The van der Waals surface area contributed by atoms with Crippen molar-refractivity contribution in [2.75, 3.05) is 12.4 Å². The van der Waals surface area contributed by atoms with Crippen molar-refractivity contribution in [2.24, 2.45) is 0 Å². The smallest absolute Gasteiger partial charge is 0.337 e. The molecule has 1 N–H and O–H groups in total. The summed E-state index contributed by atoms with van der Waals surface area (Å²) in [7, 11) is 1.30. The van der Waals surface area contributed by atoms with Crippen molar-refractivity contribution < 1.29 is 14.3 Å². The molecule has 2 aromatic carbocycles. The van der Waals surface area contributed by atoms with Gasteiger partial charge >= 0.3 is 5.97 Å². The fraction of sp³-hybridized carbons (Fsp3) is 0.208. The Bertz CT molecular complexity index is 1430. The summed E-state index contributed by atoms with van der Waals surface area (Å²) in [5.41, 5.74) is 4.38. The molecular formula is C24H23N5O4. The Morgan fingerprint density at radius 3 is 2.42 bits per heavy atom. The first-order chi connectivity index (χ1) is 15.8. The first-order valence-corrected chi connectivity index (χ1v) is 10.3. The average Bonchev–Trinajstić information content (AvgIpc) is 3.25. The van der Waals surface area contributed by atoms with Crippen LogP contribution in [0.5, 0.6) is 0 Å². The van der Waals surface area contributed by atoms with Crippen LogP contribution in [0.3, 0.4) is 0 Å². The Kier molecular flexibility index (Phi) is 5.78. The molecule has 0 fully saturated rings. The number of hydrogen-bond acceptors (Lipinski definition) is 6. The van der Waals surface area contributed by atoms with Crippen molar-refractivity contribution in [3.63, 3.8) is 0 Å². The standard InChI is InChI=1S/C24H23N5O4/c1-14-5-10-19(11-15(14)2)29-22-20(12-25-29)16(3)27-28(23(22)31)13-21(30)26-18-8-6-17(7-9-18)24(32)33-4/h5-12H,13H2,1-4H3,(H,26,30). The van der Waals surface area contributed by atoms with E-state index in [0.29, 0.717) is 27.8 Å². The van der Waals surface area contributed by atoms with E-state index in [1.54, 1.807) is 42.1 Å². The van der Waals surface area contributed by atoms with Crippen LogP contribution < -0.4 is 10.9 Å². The zero-order valence-electron chi connectivity index (χ0n) is 18.7. The number of hydrogen-bond donors (Lipinski definition) is 1. The minimum absolute atomic E-state index is 0.271. The summed E-state index contributed by atoms with van der Waals surface area (Å²) in [6.07, 6.45) is 1.61. The Labute approximate surface area is 189 Å². The van der Waals surface area contributed by atoms with Gasteiger partial charge in [-0.25, -0.2) is 14.2 Å². The molecular weight excluding hydrogens is 422 g/mol. The van der Waals surface area contributed by atoms with E-state index in [4.69, 9.17) is 0 Å². The SMILES string of the molecule is COC(=O)c1ccc(NC(=O)Cn2nc(C)c3cnn(-c4ccc(C)c(C)c4)c3c2=O)cc1. The van der Waals surface area contributed by atoms with E-state index in [1.165, 1.54) is 7.11 Å². The highest BCUT2D eigenvalue weighted by Crippen LogP contribution is 2.19. The summed E-state index contributed by atoms with van der Waals surface area (Å²) in [5.74, 6) is -0.890. The summed E-state index contributed by atoms with van der Waals surface area (Å²) in [6, 6.07) is 12.1. The summed E-state index contributed by atoms with van der Waals surface area (Å²) in [4.78, 5) is 37.4. The molecule has 4 aromatic rings. The third-order valence-corrected chi connectivity index (χ3v) is 5.48. The summed E-state index contributed by atoms with van der Waals surface area (Å²) in [6.45, 7) is 5.52. The Morgan fingerprint density at radius 2 is 1.76 bits per heavy atom. The lowest BCUT2D eigenvalue weighted by Gasteiger charge is -2.10. The Balaban J connectivity index is 1.63. The van der Waals surface area contributed by atoms with Crippen LogP contribution in [-0.4, -0.2) is 38.5 Å². The van der Waals surface area contributed by atoms with Gasteiger partial charge in [0, 0.05) is 11.1 Å². The van der Waals surface area contributed by atoms with E-state index in [2.05, 4.69) is 20.3 Å². The van der Waals surface area contributed by atoms with Crippen LogP contribution in [0.4, 0.5) is 5.69 Å². The van der Waals surface area contributed by atoms with Gasteiger partial charge < -0.3 is 10.1 Å². The molecule has 1 amide bonds. The van der Waals surface area contributed by atoms with Gasteiger partial charge in [0.25, 0.3) is 5.56 Å². The second kappa shape index (κ2) is 8.70. The molecule has 0 atom stereocenters. The molecule has 0 aliphatic heterocycles. The Morgan fingerprint density at radius 1 is 1.03 bits per heavy atom. The quantitative estimate of drug-likeness (QED) is 0.473. The van der Waals surface area contributed by atoms with Crippen LogP contribution in [0.15, 0.2) is 53.5 Å².